The minimum Gasteiger partial charge on any atom is -0.207 e. The summed E-state index contributed by atoms with van der Waals surface area (Å²) in [5, 5.41) is -0.477. The van der Waals surface area contributed by atoms with E-state index in [1.54, 1.807) is 0 Å². The Morgan fingerprint density at radius 2 is 1.37 bits per heavy atom. The fourth-order valence-corrected chi connectivity index (χ4v) is 2.87. The quantitative estimate of drug-likeness (QED) is 0.662. The summed E-state index contributed by atoms with van der Waals surface area (Å²) < 4.78 is 26.7. The first-order chi connectivity index (χ1) is 8.88. The van der Waals surface area contributed by atoms with Crippen molar-refractivity contribution in [2.45, 2.75) is 26.1 Å². The summed E-state index contributed by atoms with van der Waals surface area (Å²) in [5.74, 6) is -0.587. The molecule has 19 heavy (non-hydrogen) atoms. The molecule has 2 aromatic carbocycles. The lowest BCUT2D eigenvalue weighted by atomic mass is 9.94. The molecule has 0 fully saturated rings. The van der Waals surface area contributed by atoms with Crippen molar-refractivity contribution in [2.24, 2.45) is 0 Å². The van der Waals surface area contributed by atoms with Crippen molar-refractivity contribution in [3.8, 4) is 0 Å². The molecule has 0 aromatic heterocycles. The summed E-state index contributed by atoms with van der Waals surface area (Å²) in [4.78, 5) is 0. The lowest BCUT2D eigenvalue weighted by Crippen LogP contribution is -2.01. The summed E-state index contributed by atoms with van der Waals surface area (Å²) >= 11 is 6.45. The standard InChI is InChI=1S/C16H15ClF2/c1-9-4-12(8-13(18)5-9)16(17)15-10(2)6-14(19)7-11(15)3/h4-8,16H,1-3H3. The van der Waals surface area contributed by atoms with Gasteiger partial charge in [-0.1, -0.05) is 6.07 Å². The molecule has 0 saturated heterocycles. The largest absolute Gasteiger partial charge is 0.207 e. The van der Waals surface area contributed by atoms with E-state index in [0.29, 0.717) is 5.56 Å². The van der Waals surface area contributed by atoms with Gasteiger partial charge in [0.25, 0.3) is 0 Å². The Morgan fingerprint density at radius 3 is 1.89 bits per heavy atom. The topological polar surface area (TPSA) is 0 Å². The Hall–Kier alpha value is -1.41. The van der Waals surface area contributed by atoms with Gasteiger partial charge in [-0.15, -0.1) is 11.6 Å². The monoisotopic (exact) mass is 280 g/mol. The van der Waals surface area contributed by atoms with Crippen LogP contribution >= 0.6 is 11.6 Å². The predicted molar refractivity (Wildman–Crippen MR) is 74.7 cm³/mol. The number of halogens is 3. The van der Waals surface area contributed by atoms with E-state index in [9.17, 15) is 8.78 Å². The van der Waals surface area contributed by atoms with Crippen LogP contribution in [0.2, 0.25) is 0 Å². The number of hydrogen-bond acceptors (Lipinski definition) is 0. The average molecular weight is 281 g/mol. The molecule has 0 radical (unpaired) electrons. The van der Waals surface area contributed by atoms with Gasteiger partial charge >= 0.3 is 0 Å². The number of hydrogen-bond donors (Lipinski definition) is 0. The number of benzene rings is 2. The summed E-state index contributed by atoms with van der Waals surface area (Å²) in [5.41, 5.74) is 3.90. The van der Waals surface area contributed by atoms with Gasteiger partial charge in [0.2, 0.25) is 0 Å². The first-order valence-corrected chi connectivity index (χ1v) is 6.50. The van der Waals surface area contributed by atoms with Crippen LogP contribution < -0.4 is 0 Å². The molecule has 0 amide bonds. The second kappa shape index (κ2) is 5.30. The van der Waals surface area contributed by atoms with Crippen LogP contribution in [0.1, 0.15) is 33.2 Å². The molecule has 0 heterocycles. The Balaban J connectivity index is 2.52. The van der Waals surface area contributed by atoms with Crippen molar-refractivity contribution in [3.05, 3.63) is 69.8 Å². The van der Waals surface area contributed by atoms with E-state index < -0.39 is 5.38 Å². The lowest BCUT2D eigenvalue weighted by Gasteiger charge is -2.17. The van der Waals surface area contributed by atoms with Crippen LogP contribution in [0.25, 0.3) is 0 Å². The molecule has 0 aliphatic rings. The first kappa shape index (κ1) is 14.0. The number of rotatable bonds is 2. The second-order valence-electron chi connectivity index (χ2n) is 4.88. The van der Waals surface area contributed by atoms with Crippen molar-refractivity contribution in [2.75, 3.05) is 0 Å². The molecule has 2 rings (SSSR count). The van der Waals surface area contributed by atoms with Crippen molar-refractivity contribution < 1.29 is 8.78 Å². The average Bonchev–Trinajstić information content (AvgIpc) is 2.25. The SMILES string of the molecule is Cc1cc(F)cc(C(Cl)c2c(C)cc(F)cc2C)c1. The third kappa shape index (κ3) is 2.95. The van der Waals surface area contributed by atoms with E-state index in [1.165, 1.54) is 24.3 Å². The second-order valence-corrected chi connectivity index (χ2v) is 5.31. The molecular formula is C16H15ClF2. The fraction of sp³-hybridized carbons (Fsp3) is 0.250. The van der Waals surface area contributed by atoms with E-state index in [-0.39, 0.29) is 11.6 Å². The molecule has 1 atom stereocenters. The molecule has 3 heteroatoms. The van der Waals surface area contributed by atoms with Gasteiger partial charge in [-0.25, -0.2) is 8.78 Å². The highest BCUT2D eigenvalue weighted by Crippen LogP contribution is 2.34. The van der Waals surface area contributed by atoms with Crippen LogP contribution in [-0.2, 0) is 0 Å². The van der Waals surface area contributed by atoms with Crippen molar-refractivity contribution in [3.63, 3.8) is 0 Å². The summed E-state index contributed by atoms with van der Waals surface area (Å²) in [6.45, 7) is 5.44. The van der Waals surface area contributed by atoms with Crippen LogP contribution in [-0.4, -0.2) is 0 Å². The highest BCUT2D eigenvalue weighted by Gasteiger charge is 2.17. The van der Waals surface area contributed by atoms with Gasteiger partial charge in [-0.05, 0) is 72.9 Å². The fourth-order valence-electron chi connectivity index (χ4n) is 2.40. The summed E-state index contributed by atoms with van der Waals surface area (Å²) in [7, 11) is 0. The zero-order valence-corrected chi connectivity index (χ0v) is 11.9. The minimum absolute atomic E-state index is 0.280. The Morgan fingerprint density at radius 1 is 0.842 bits per heavy atom. The number of aryl methyl sites for hydroxylation is 3. The maximum Gasteiger partial charge on any atom is 0.123 e. The maximum atomic E-state index is 13.5. The van der Waals surface area contributed by atoms with Crippen LogP contribution in [0.4, 0.5) is 8.78 Å². The summed E-state index contributed by atoms with van der Waals surface area (Å²) in [6, 6.07) is 7.63. The van der Waals surface area contributed by atoms with Crippen LogP contribution in [0.5, 0.6) is 0 Å². The first-order valence-electron chi connectivity index (χ1n) is 6.06. The van der Waals surface area contributed by atoms with E-state index in [0.717, 1.165) is 22.3 Å². The van der Waals surface area contributed by atoms with Gasteiger partial charge in [0.05, 0.1) is 5.38 Å². The molecule has 0 spiro atoms. The van der Waals surface area contributed by atoms with Crippen molar-refractivity contribution in [1.82, 2.24) is 0 Å². The van der Waals surface area contributed by atoms with E-state index in [1.807, 2.05) is 26.8 Å². The van der Waals surface area contributed by atoms with Gasteiger partial charge in [0, 0.05) is 0 Å². The van der Waals surface area contributed by atoms with Crippen LogP contribution in [0, 0.1) is 32.4 Å². The van der Waals surface area contributed by atoms with Gasteiger partial charge < -0.3 is 0 Å². The Labute approximate surface area is 117 Å². The van der Waals surface area contributed by atoms with Crippen LogP contribution in [0.3, 0.4) is 0 Å². The minimum atomic E-state index is -0.477. The smallest absolute Gasteiger partial charge is 0.123 e. The Bertz CT molecular complexity index is 577. The molecule has 1 unspecified atom stereocenters. The summed E-state index contributed by atoms with van der Waals surface area (Å²) in [6.07, 6.45) is 0. The van der Waals surface area contributed by atoms with E-state index >= 15 is 0 Å². The van der Waals surface area contributed by atoms with Crippen LogP contribution in [0.15, 0.2) is 30.3 Å². The van der Waals surface area contributed by atoms with Gasteiger partial charge in [0.1, 0.15) is 11.6 Å². The lowest BCUT2D eigenvalue weighted by molar-refractivity contribution is 0.622. The maximum absolute atomic E-state index is 13.5. The zero-order valence-electron chi connectivity index (χ0n) is 11.1. The molecule has 0 aliphatic heterocycles. The van der Waals surface area contributed by atoms with E-state index in [2.05, 4.69) is 0 Å². The van der Waals surface area contributed by atoms with Gasteiger partial charge in [-0.3, -0.25) is 0 Å². The molecule has 0 aliphatic carbocycles. The van der Waals surface area contributed by atoms with Gasteiger partial charge in [0.15, 0.2) is 0 Å². The molecule has 0 nitrogen and oxygen atoms in total. The molecule has 100 valence electrons. The third-order valence-corrected chi connectivity index (χ3v) is 3.64. The molecule has 0 N–H and O–H groups in total. The molecular weight excluding hydrogens is 266 g/mol. The zero-order chi connectivity index (χ0) is 14.2. The normalized spacial score (nSPS) is 12.5. The predicted octanol–water partition coefficient (Wildman–Crippen LogP) is 5.22. The highest BCUT2D eigenvalue weighted by molar-refractivity contribution is 6.22. The molecule has 0 saturated carbocycles. The molecule has 0 bridgehead atoms. The van der Waals surface area contributed by atoms with E-state index in [4.69, 9.17) is 11.6 Å². The van der Waals surface area contributed by atoms with Crippen molar-refractivity contribution >= 4 is 11.6 Å². The molecule has 2 aromatic rings. The number of alkyl halides is 1. The highest BCUT2D eigenvalue weighted by atomic mass is 35.5. The van der Waals surface area contributed by atoms with Gasteiger partial charge in [-0.2, -0.15) is 0 Å². The third-order valence-electron chi connectivity index (χ3n) is 3.17. The Kier molecular flexibility index (Phi) is 3.91. The van der Waals surface area contributed by atoms with Crippen molar-refractivity contribution in [1.29, 1.82) is 0 Å².